The van der Waals surface area contributed by atoms with Crippen molar-refractivity contribution >= 4 is 167 Å². The lowest BCUT2D eigenvalue weighted by Crippen LogP contribution is -1.99. The molecular weight excluding hydrogens is 1270 g/mol. The lowest BCUT2D eigenvalue weighted by atomic mass is 10.0. The first-order valence-electron chi connectivity index (χ1n) is 18.9. The molecule has 298 valence electrons. The van der Waals surface area contributed by atoms with Crippen LogP contribution in [0.15, 0.2) is 139 Å². The van der Waals surface area contributed by atoms with Crippen LogP contribution in [0.25, 0.3) is 40.0 Å². The van der Waals surface area contributed by atoms with Crippen LogP contribution in [0.3, 0.4) is 0 Å². The Kier molecular flexibility index (Phi) is 12.9. The van der Waals surface area contributed by atoms with Crippen molar-refractivity contribution in [1.82, 2.24) is 19.9 Å². The molecule has 60 heavy (non-hydrogen) atoms. The van der Waals surface area contributed by atoms with Gasteiger partial charge in [0.1, 0.15) is 0 Å². The number of hydrogen-bond acceptors (Lipinski definition) is 2. The average Bonchev–Trinajstić information content (AvgIpc) is 3.94. The van der Waals surface area contributed by atoms with Crippen LogP contribution in [0.2, 0.25) is 0 Å². The minimum atomic E-state index is 0.591. The summed E-state index contributed by atoms with van der Waals surface area (Å²) in [5.41, 5.74) is 15.7. The molecule has 4 aromatic carbocycles. The molecule has 0 radical (unpaired) electrons. The van der Waals surface area contributed by atoms with Crippen molar-refractivity contribution in [2.45, 2.75) is 25.7 Å². The highest BCUT2D eigenvalue weighted by Gasteiger charge is 2.30. The number of aromatic amines is 2. The SMILES string of the molecule is BrC1=C(Br)c2nc1c(Cc1ccccc1)c1nc(c(Cc3ccccc3)c3[nH]c(c(Br)c3Br)c(Cc3ccccc3)c3[nH]c(c(Br)c3Br)c2Cc2ccccc2)C(Br)=C1Br. The van der Waals surface area contributed by atoms with Crippen LogP contribution in [-0.4, -0.2) is 19.9 Å². The minimum Gasteiger partial charge on any atom is -0.353 e. The maximum Gasteiger partial charge on any atom is 0.0849 e. The predicted molar refractivity (Wildman–Crippen MR) is 278 cm³/mol. The van der Waals surface area contributed by atoms with Gasteiger partial charge < -0.3 is 9.97 Å². The molecule has 12 heteroatoms. The second-order valence-electron chi connectivity index (χ2n) is 14.4. The number of benzene rings is 4. The van der Waals surface area contributed by atoms with Gasteiger partial charge in [0, 0.05) is 47.9 Å². The van der Waals surface area contributed by atoms with Crippen LogP contribution >= 0.6 is 127 Å². The van der Waals surface area contributed by atoms with Gasteiger partial charge in [-0.2, -0.15) is 0 Å². The number of fused-ring (bicyclic) bond motifs is 8. The van der Waals surface area contributed by atoms with Crippen molar-refractivity contribution in [3.05, 3.63) is 207 Å². The number of H-pyrrole nitrogens is 2. The Hall–Kier alpha value is -2.68. The van der Waals surface area contributed by atoms with Crippen molar-refractivity contribution in [3.8, 4) is 0 Å². The molecule has 5 heterocycles. The van der Waals surface area contributed by atoms with E-state index in [1.807, 2.05) is 18.2 Å². The van der Waals surface area contributed by atoms with Gasteiger partial charge in [-0.25, -0.2) is 9.97 Å². The van der Waals surface area contributed by atoms with E-state index in [9.17, 15) is 0 Å². The Labute approximate surface area is 414 Å². The highest BCUT2D eigenvalue weighted by molar-refractivity contribution is 9.18. The second-order valence-corrected chi connectivity index (χ2v) is 20.8. The molecule has 2 aliphatic heterocycles. The third kappa shape index (κ3) is 8.17. The molecule has 2 aliphatic rings. The van der Waals surface area contributed by atoms with Gasteiger partial charge in [0.25, 0.3) is 0 Å². The van der Waals surface area contributed by atoms with Gasteiger partial charge in [0.2, 0.25) is 0 Å². The lowest BCUT2D eigenvalue weighted by Gasteiger charge is -2.08. The Morgan fingerprint density at radius 2 is 0.533 bits per heavy atom. The Bertz CT molecular complexity index is 2880. The second kappa shape index (κ2) is 18.2. The molecule has 2 N–H and O–H groups in total. The quantitative estimate of drug-likeness (QED) is 0.159. The number of hydrogen-bond donors (Lipinski definition) is 2. The van der Waals surface area contributed by atoms with E-state index in [0.29, 0.717) is 25.7 Å². The van der Waals surface area contributed by atoms with E-state index in [1.54, 1.807) is 0 Å². The molecule has 0 spiro atoms. The number of rotatable bonds is 8. The summed E-state index contributed by atoms with van der Waals surface area (Å²) in [6, 6.07) is 42.1. The van der Waals surface area contributed by atoms with Crippen LogP contribution in [0, 0.1) is 0 Å². The molecule has 9 rings (SSSR count). The summed E-state index contributed by atoms with van der Waals surface area (Å²) in [5, 5.41) is 0. The maximum absolute atomic E-state index is 5.58. The van der Waals surface area contributed by atoms with E-state index in [2.05, 4.69) is 241 Å². The van der Waals surface area contributed by atoms with Crippen LogP contribution < -0.4 is 0 Å². The van der Waals surface area contributed by atoms with Crippen LogP contribution in [0.5, 0.6) is 0 Å². The van der Waals surface area contributed by atoms with Gasteiger partial charge in [-0.1, -0.05) is 121 Å². The van der Waals surface area contributed by atoms with E-state index < -0.39 is 0 Å². The van der Waals surface area contributed by atoms with Crippen molar-refractivity contribution in [3.63, 3.8) is 0 Å². The third-order valence-corrected chi connectivity index (χ3v) is 19.1. The largest absolute Gasteiger partial charge is 0.353 e. The molecule has 3 aromatic heterocycles. The van der Waals surface area contributed by atoms with E-state index in [1.165, 1.54) is 5.56 Å². The molecule has 0 saturated heterocycles. The normalized spacial score (nSPS) is 12.8. The fourth-order valence-corrected chi connectivity index (χ4v) is 11.9. The number of halogens is 8. The lowest BCUT2D eigenvalue weighted by molar-refractivity contribution is 1.09. The first-order chi connectivity index (χ1) is 29.1. The summed E-state index contributed by atoms with van der Waals surface area (Å²) < 4.78 is 7.10. The number of nitrogens with one attached hydrogen (secondary N) is 2. The molecular formula is C48H30Br8N4. The molecule has 0 unspecified atom stereocenters. The van der Waals surface area contributed by atoms with Crippen LogP contribution in [-0.2, 0) is 25.7 Å². The average molecular weight is 1300 g/mol. The van der Waals surface area contributed by atoms with Gasteiger partial charge in [-0.15, -0.1) is 0 Å². The van der Waals surface area contributed by atoms with Crippen molar-refractivity contribution in [2.75, 3.05) is 0 Å². The standard InChI is InChI=1S/C48H30Br8N4/c49-33-35(51)43-30(22-26-15-7-2-8-16-26)45-37(53)39(55)47(59-45)32(24-28-19-11-4-12-20-28)48-40(56)38(54)46(60-48)31(23-27-17-9-3-10-18-27)44-36(52)34(50)42(58-44)29(41(33)57-43)21-25-13-5-1-6-14-25/h1-20,57-58H,21-24H2. The molecule has 0 amide bonds. The maximum atomic E-state index is 5.58. The van der Waals surface area contributed by atoms with Gasteiger partial charge in [0.05, 0.1) is 80.7 Å². The number of aromatic nitrogens is 4. The first-order valence-corrected chi connectivity index (χ1v) is 25.2. The summed E-state index contributed by atoms with van der Waals surface area (Å²) in [7, 11) is 0. The molecule has 0 fully saturated rings. The van der Waals surface area contributed by atoms with Crippen LogP contribution in [0.4, 0.5) is 0 Å². The van der Waals surface area contributed by atoms with Gasteiger partial charge >= 0.3 is 0 Å². The van der Waals surface area contributed by atoms with E-state index in [0.717, 1.165) is 120 Å². The van der Waals surface area contributed by atoms with Gasteiger partial charge in [-0.05, 0) is 150 Å². The molecule has 4 nitrogen and oxygen atoms in total. The van der Waals surface area contributed by atoms with E-state index >= 15 is 0 Å². The predicted octanol–water partition coefficient (Wildman–Crippen LogP) is 17.0. The fourth-order valence-electron chi connectivity index (χ4n) is 7.74. The fraction of sp³-hybridized carbons (Fsp3) is 0.0833. The topological polar surface area (TPSA) is 57.4 Å². The van der Waals surface area contributed by atoms with Gasteiger partial charge in [-0.3, -0.25) is 0 Å². The Morgan fingerprint density at radius 1 is 0.300 bits per heavy atom. The minimum absolute atomic E-state index is 0.591. The summed E-state index contributed by atoms with van der Waals surface area (Å²) in [5.74, 6) is 0. The molecule has 0 atom stereocenters. The van der Waals surface area contributed by atoms with E-state index in [-0.39, 0.29) is 0 Å². The van der Waals surface area contributed by atoms with Crippen molar-refractivity contribution in [2.24, 2.45) is 0 Å². The third-order valence-electron chi connectivity index (χ3n) is 10.7. The highest BCUT2D eigenvalue weighted by atomic mass is 79.9. The van der Waals surface area contributed by atoms with Crippen molar-refractivity contribution < 1.29 is 0 Å². The molecule has 7 aromatic rings. The van der Waals surface area contributed by atoms with E-state index in [4.69, 9.17) is 9.97 Å². The van der Waals surface area contributed by atoms with Crippen molar-refractivity contribution in [1.29, 1.82) is 0 Å². The summed E-state index contributed by atoms with van der Waals surface area (Å²) >= 11 is 32.5. The molecule has 0 aliphatic carbocycles. The Balaban J connectivity index is 1.51. The van der Waals surface area contributed by atoms with Crippen LogP contribution in [0.1, 0.15) is 67.3 Å². The van der Waals surface area contributed by atoms with Gasteiger partial charge in [0.15, 0.2) is 0 Å². The zero-order valence-corrected chi connectivity index (χ0v) is 44.0. The smallest absolute Gasteiger partial charge is 0.0849 e. The monoisotopic (exact) mass is 1290 g/mol. The molecule has 0 saturated carbocycles. The zero-order valence-electron chi connectivity index (χ0n) is 31.3. The summed E-state index contributed by atoms with van der Waals surface area (Å²) in [6.07, 6.45) is 2.46. The number of nitrogens with zero attached hydrogens (tertiary/aromatic N) is 2. The summed E-state index contributed by atoms with van der Waals surface area (Å²) in [4.78, 5) is 19.0. The summed E-state index contributed by atoms with van der Waals surface area (Å²) in [6.45, 7) is 0. The Morgan fingerprint density at radius 3 is 0.833 bits per heavy atom. The first kappa shape index (κ1) is 42.6. The molecule has 8 bridgehead atoms. The highest BCUT2D eigenvalue weighted by Crippen LogP contribution is 2.49. The zero-order chi connectivity index (χ0) is 41.7.